The monoisotopic (exact) mass is 330 g/mol. The molecule has 0 aliphatic carbocycles. The SMILES string of the molecule is CCCC(=O)N1CCc2nc([C@H]3CCCN(C(C)=O)C3)ncc2C1. The predicted molar refractivity (Wildman–Crippen MR) is 90.3 cm³/mol. The number of nitrogens with zero attached hydrogens (tertiary/aromatic N) is 4. The van der Waals surface area contributed by atoms with Crippen LogP contribution in [0.3, 0.4) is 0 Å². The lowest BCUT2D eigenvalue weighted by Crippen LogP contribution is -2.39. The average molecular weight is 330 g/mol. The van der Waals surface area contributed by atoms with E-state index in [2.05, 4.69) is 4.98 Å². The molecule has 6 heteroatoms. The summed E-state index contributed by atoms with van der Waals surface area (Å²) in [5.74, 6) is 1.43. The number of hydrogen-bond acceptors (Lipinski definition) is 4. The third kappa shape index (κ3) is 3.57. The van der Waals surface area contributed by atoms with Crippen molar-refractivity contribution < 1.29 is 9.59 Å². The Labute approximate surface area is 143 Å². The summed E-state index contributed by atoms with van der Waals surface area (Å²) in [6.07, 6.45) is 6.20. The Kier molecular flexibility index (Phi) is 5.11. The van der Waals surface area contributed by atoms with Gasteiger partial charge in [0, 0.05) is 63.6 Å². The van der Waals surface area contributed by atoms with Crippen molar-refractivity contribution in [2.45, 2.75) is 58.4 Å². The van der Waals surface area contributed by atoms with Gasteiger partial charge in [-0.05, 0) is 19.3 Å². The molecule has 0 spiro atoms. The van der Waals surface area contributed by atoms with Crippen LogP contribution in [0.15, 0.2) is 6.20 Å². The first kappa shape index (κ1) is 16.9. The van der Waals surface area contributed by atoms with Crippen molar-refractivity contribution in [2.75, 3.05) is 19.6 Å². The minimum absolute atomic E-state index is 0.128. The molecule has 1 aromatic heterocycles. The van der Waals surface area contributed by atoms with Crippen LogP contribution in [-0.2, 0) is 22.6 Å². The molecule has 1 aromatic rings. The van der Waals surface area contributed by atoms with Crippen molar-refractivity contribution in [3.05, 3.63) is 23.3 Å². The van der Waals surface area contributed by atoms with E-state index in [1.807, 2.05) is 22.9 Å². The smallest absolute Gasteiger partial charge is 0.222 e. The molecule has 3 heterocycles. The highest BCUT2D eigenvalue weighted by Crippen LogP contribution is 2.26. The van der Waals surface area contributed by atoms with Crippen LogP contribution >= 0.6 is 0 Å². The van der Waals surface area contributed by atoms with Crippen LogP contribution in [0.25, 0.3) is 0 Å². The molecule has 2 amide bonds. The van der Waals surface area contributed by atoms with E-state index in [4.69, 9.17) is 4.98 Å². The molecule has 6 nitrogen and oxygen atoms in total. The van der Waals surface area contributed by atoms with Crippen LogP contribution in [-0.4, -0.2) is 51.2 Å². The molecule has 0 aromatic carbocycles. The van der Waals surface area contributed by atoms with Gasteiger partial charge in [0.05, 0.1) is 5.69 Å². The first-order chi connectivity index (χ1) is 11.6. The summed E-state index contributed by atoms with van der Waals surface area (Å²) >= 11 is 0. The number of carbonyl (C=O) groups is 2. The topological polar surface area (TPSA) is 66.4 Å². The second-order valence-corrected chi connectivity index (χ2v) is 6.82. The zero-order valence-electron chi connectivity index (χ0n) is 14.6. The van der Waals surface area contributed by atoms with Crippen LogP contribution in [0, 0.1) is 0 Å². The summed E-state index contributed by atoms with van der Waals surface area (Å²) in [5, 5.41) is 0. The van der Waals surface area contributed by atoms with Crippen molar-refractivity contribution in [3.8, 4) is 0 Å². The maximum absolute atomic E-state index is 12.1. The van der Waals surface area contributed by atoms with Crippen molar-refractivity contribution in [1.29, 1.82) is 0 Å². The lowest BCUT2D eigenvalue weighted by molar-refractivity contribution is -0.132. The fraction of sp³-hybridized carbons (Fsp3) is 0.667. The minimum atomic E-state index is 0.128. The van der Waals surface area contributed by atoms with Crippen molar-refractivity contribution in [1.82, 2.24) is 19.8 Å². The van der Waals surface area contributed by atoms with Gasteiger partial charge in [-0.2, -0.15) is 0 Å². The van der Waals surface area contributed by atoms with Crippen LogP contribution in [0.5, 0.6) is 0 Å². The minimum Gasteiger partial charge on any atom is -0.342 e. The molecule has 0 N–H and O–H groups in total. The number of aromatic nitrogens is 2. The number of carbonyl (C=O) groups excluding carboxylic acids is 2. The van der Waals surface area contributed by atoms with Gasteiger partial charge in [-0.3, -0.25) is 9.59 Å². The second-order valence-electron chi connectivity index (χ2n) is 6.82. The zero-order chi connectivity index (χ0) is 17.1. The molecule has 3 rings (SSSR count). The zero-order valence-corrected chi connectivity index (χ0v) is 14.6. The van der Waals surface area contributed by atoms with E-state index in [0.717, 1.165) is 62.4 Å². The molecule has 1 saturated heterocycles. The molecule has 0 saturated carbocycles. The molecule has 0 radical (unpaired) electrons. The van der Waals surface area contributed by atoms with E-state index in [-0.39, 0.29) is 17.7 Å². The predicted octanol–water partition coefficient (Wildman–Crippen LogP) is 1.89. The number of amides is 2. The highest BCUT2D eigenvalue weighted by molar-refractivity contribution is 5.76. The summed E-state index contributed by atoms with van der Waals surface area (Å²) in [5.41, 5.74) is 2.13. The Bertz CT molecular complexity index is 631. The fourth-order valence-electron chi connectivity index (χ4n) is 3.59. The fourth-order valence-corrected chi connectivity index (χ4v) is 3.59. The number of piperidine rings is 1. The molecule has 1 fully saturated rings. The van der Waals surface area contributed by atoms with Gasteiger partial charge in [0.2, 0.25) is 11.8 Å². The first-order valence-corrected chi connectivity index (χ1v) is 8.96. The summed E-state index contributed by atoms with van der Waals surface area (Å²) in [4.78, 5) is 36.8. The quantitative estimate of drug-likeness (QED) is 0.849. The van der Waals surface area contributed by atoms with Crippen LogP contribution in [0.4, 0.5) is 0 Å². The molecular weight excluding hydrogens is 304 g/mol. The van der Waals surface area contributed by atoms with Crippen LogP contribution in [0.1, 0.15) is 62.5 Å². The van der Waals surface area contributed by atoms with E-state index >= 15 is 0 Å². The lowest BCUT2D eigenvalue weighted by atomic mass is 9.96. The third-order valence-corrected chi connectivity index (χ3v) is 5.00. The van der Waals surface area contributed by atoms with Gasteiger partial charge in [-0.25, -0.2) is 9.97 Å². The molecule has 2 aliphatic rings. The number of likely N-dealkylation sites (tertiary alicyclic amines) is 1. The molecule has 2 aliphatic heterocycles. The molecule has 0 unspecified atom stereocenters. The van der Waals surface area contributed by atoms with Crippen molar-refractivity contribution in [3.63, 3.8) is 0 Å². The van der Waals surface area contributed by atoms with Gasteiger partial charge in [0.1, 0.15) is 5.82 Å². The molecule has 130 valence electrons. The van der Waals surface area contributed by atoms with Gasteiger partial charge >= 0.3 is 0 Å². The number of fused-ring (bicyclic) bond motifs is 1. The van der Waals surface area contributed by atoms with Gasteiger partial charge in [-0.15, -0.1) is 0 Å². The molecule has 0 bridgehead atoms. The largest absolute Gasteiger partial charge is 0.342 e. The van der Waals surface area contributed by atoms with Gasteiger partial charge in [0.25, 0.3) is 0 Å². The third-order valence-electron chi connectivity index (χ3n) is 5.00. The Morgan fingerprint density at radius 1 is 1.29 bits per heavy atom. The maximum Gasteiger partial charge on any atom is 0.222 e. The number of rotatable bonds is 3. The van der Waals surface area contributed by atoms with E-state index in [9.17, 15) is 9.59 Å². The first-order valence-electron chi connectivity index (χ1n) is 8.96. The van der Waals surface area contributed by atoms with E-state index in [1.165, 1.54) is 0 Å². The lowest BCUT2D eigenvalue weighted by Gasteiger charge is -2.32. The summed E-state index contributed by atoms with van der Waals surface area (Å²) in [7, 11) is 0. The number of hydrogen-bond donors (Lipinski definition) is 0. The highest BCUT2D eigenvalue weighted by Gasteiger charge is 2.27. The van der Waals surface area contributed by atoms with E-state index in [0.29, 0.717) is 13.0 Å². The Balaban J connectivity index is 1.71. The standard InChI is InChI=1S/C18H26N4O2/c1-3-5-17(24)22-9-7-16-15(12-22)10-19-18(20-16)14-6-4-8-21(11-14)13(2)23/h10,14H,3-9,11-12H2,1-2H3/t14-/m0/s1. The summed E-state index contributed by atoms with van der Waals surface area (Å²) in [6, 6.07) is 0. The van der Waals surface area contributed by atoms with Crippen LogP contribution in [0.2, 0.25) is 0 Å². The normalized spacial score (nSPS) is 20.7. The second kappa shape index (κ2) is 7.28. The summed E-state index contributed by atoms with van der Waals surface area (Å²) < 4.78 is 0. The van der Waals surface area contributed by atoms with E-state index in [1.54, 1.807) is 6.92 Å². The molecule has 24 heavy (non-hydrogen) atoms. The Hall–Kier alpha value is -1.98. The molecular formula is C18H26N4O2. The van der Waals surface area contributed by atoms with Gasteiger partial charge < -0.3 is 9.80 Å². The summed E-state index contributed by atoms with van der Waals surface area (Å²) in [6.45, 7) is 6.57. The Morgan fingerprint density at radius 3 is 2.88 bits per heavy atom. The van der Waals surface area contributed by atoms with Crippen molar-refractivity contribution in [2.24, 2.45) is 0 Å². The van der Waals surface area contributed by atoms with Gasteiger partial charge in [0.15, 0.2) is 0 Å². The van der Waals surface area contributed by atoms with Gasteiger partial charge in [-0.1, -0.05) is 6.92 Å². The Morgan fingerprint density at radius 2 is 2.12 bits per heavy atom. The van der Waals surface area contributed by atoms with E-state index < -0.39 is 0 Å². The average Bonchev–Trinajstić information content (AvgIpc) is 2.61. The maximum atomic E-state index is 12.1. The highest BCUT2D eigenvalue weighted by atomic mass is 16.2. The van der Waals surface area contributed by atoms with Crippen molar-refractivity contribution >= 4 is 11.8 Å². The molecule has 1 atom stereocenters. The van der Waals surface area contributed by atoms with Crippen LogP contribution < -0.4 is 0 Å².